The van der Waals surface area contributed by atoms with Gasteiger partial charge in [0.15, 0.2) is 0 Å². The van der Waals surface area contributed by atoms with E-state index in [-0.39, 0.29) is 22.7 Å². The zero-order valence-electron chi connectivity index (χ0n) is 9.03. The minimum atomic E-state index is -0.269. The maximum Gasteiger partial charge on any atom is 0.268 e. The molecule has 1 unspecified atom stereocenters. The number of hydrogen-bond acceptors (Lipinski definition) is 3. The number of nitrogens with zero attached hydrogens (tertiary/aromatic N) is 1. The summed E-state index contributed by atoms with van der Waals surface area (Å²) in [5, 5.41) is 4.79. The molecule has 1 atom stereocenters. The first-order valence-corrected chi connectivity index (χ1v) is 5.83. The Hall–Kier alpha value is -0.970. The molecule has 0 aliphatic carbocycles. The molecule has 0 saturated carbocycles. The van der Waals surface area contributed by atoms with E-state index in [9.17, 15) is 9.59 Å². The first-order chi connectivity index (χ1) is 6.88. The molecule has 1 saturated heterocycles. The van der Waals surface area contributed by atoms with Crippen molar-refractivity contribution >= 4 is 23.6 Å². The first-order valence-electron chi connectivity index (χ1n) is 4.89. The minimum absolute atomic E-state index is 0.0420. The first kappa shape index (κ1) is 10.5. The van der Waals surface area contributed by atoms with Crippen molar-refractivity contribution in [2.24, 2.45) is 0 Å². The summed E-state index contributed by atoms with van der Waals surface area (Å²) in [5.74, 6) is -0.120. The summed E-state index contributed by atoms with van der Waals surface area (Å²) in [4.78, 5) is 24.7. The number of rotatable bonds is 1. The summed E-state index contributed by atoms with van der Waals surface area (Å²) in [6.45, 7) is 5.76. The van der Waals surface area contributed by atoms with Gasteiger partial charge in [0.1, 0.15) is 5.70 Å². The van der Waals surface area contributed by atoms with Crippen molar-refractivity contribution in [1.82, 2.24) is 10.2 Å². The molecule has 0 aromatic heterocycles. The topological polar surface area (TPSA) is 49.4 Å². The predicted octanol–water partition coefficient (Wildman–Crippen LogP) is 1.05. The maximum atomic E-state index is 11.8. The van der Waals surface area contributed by atoms with Gasteiger partial charge in [-0.25, -0.2) is 0 Å². The van der Waals surface area contributed by atoms with Crippen LogP contribution in [0.5, 0.6) is 0 Å². The largest absolute Gasteiger partial charge is 0.346 e. The molecule has 0 aromatic rings. The molecule has 2 aliphatic heterocycles. The van der Waals surface area contributed by atoms with Gasteiger partial charge in [-0.1, -0.05) is 0 Å². The van der Waals surface area contributed by atoms with Crippen molar-refractivity contribution in [2.45, 2.75) is 38.1 Å². The average molecular weight is 226 g/mol. The van der Waals surface area contributed by atoms with E-state index < -0.39 is 0 Å². The van der Waals surface area contributed by atoms with Crippen LogP contribution in [0.3, 0.4) is 0 Å². The third kappa shape index (κ3) is 1.88. The highest BCUT2D eigenvalue weighted by Gasteiger charge is 2.44. The zero-order valence-corrected chi connectivity index (χ0v) is 9.85. The summed E-state index contributed by atoms with van der Waals surface area (Å²) in [6.07, 6.45) is 0.549. The van der Waals surface area contributed by atoms with Crippen molar-refractivity contribution in [3.8, 4) is 0 Å². The average Bonchev–Trinajstić information content (AvgIpc) is 2.38. The van der Waals surface area contributed by atoms with Crippen LogP contribution >= 0.6 is 11.8 Å². The molecule has 4 nitrogen and oxygen atoms in total. The fraction of sp³-hybridized carbons (Fsp3) is 0.600. The minimum Gasteiger partial charge on any atom is -0.346 e. The Balaban J connectivity index is 2.06. The van der Waals surface area contributed by atoms with Crippen molar-refractivity contribution in [2.75, 3.05) is 0 Å². The third-order valence-electron chi connectivity index (χ3n) is 2.22. The fourth-order valence-electron chi connectivity index (χ4n) is 1.55. The van der Waals surface area contributed by atoms with Crippen LogP contribution < -0.4 is 5.32 Å². The molecule has 1 fully saturated rings. The van der Waals surface area contributed by atoms with E-state index in [1.807, 2.05) is 20.8 Å². The second kappa shape index (κ2) is 3.27. The summed E-state index contributed by atoms with van der Waals surface area (Å²) >= 11 is 1.54. The van der Waals surface area contributed by atoms with Gasteiger partial charge >= 0.3 is 0 Å². The summed E-state index contributed by atoms with van der Waals surface area (Å²) in [6, 6.07) is 0. The van der Waals surface area contributed by atoms with Crippen LogP contribution in [0.25, 0.3) is 0 Å². The lowest BCUT2D eigenvalue weighted by molar-refractivity contribution is -0.141. The monoisotopic (exact) mass is 226 g/mol. The van der Waals surface area contributed by atoms with Gasteiger partial charge in [0.2, 0.25) is 5.91 Å². The van der Waals surface area contributed by atoms with Crippen molar-refractivity contribution in [1.29, 1.82) is 0 Å². The summed E-state index contributed by atoms with van der Waals surface area (Å²) < 4.78 is 0. The molecule has 2 rings (SSSR count). The Morgan fingerprint density at radius 3 is 2.80 bits per heavy atom. The van der Waals surface area contributed by atoms with Gasteiger partial charge in [0, 0.05) is 10.9 Å². The molecule has 82 valence electrons. The number of hydrogen-bond donors (Lipinski definition) is 1. The van der Waals surface area contributed by atoms with Gasteiger partial charge in [-0.2, -0.15) is 0 Å². The highest BCUT2D eigenvalue weighted by atomic mass is 32.2. The van der Waals surface area contributed by atoms with Gasteiger partial charge in [-0.15, -0.1) is 11.8 Å². The molecule has 2 aliphatic rings. The van der Waals surface area contributed by atoms with Gasteiger partial charge in [-0.05, 0) is 20.8 Å². The van der Waals surface area contributed by atoms with Crippen LogP contribution in [0.1, 0.15) is 27.2 Å². The molecule has 15 heavy (non-hydrogen) atoms. The number of nitrogens with one attached hydrogen (secondary N) is 1. The molecule has 2 amide bonds. The van der Waals surface area contributed by atoms with Gasteiger partial charge in [0.25, 0.3) is 5.91 Å². The lowest BCUT2D eigenvalue weighted by atomic mass is 10.1. The maximum absolute atomic E-state index is 11.8. The molecule has 2 heterocycles. The Morgan fingerprint density at radius 1 is 1.60 bits per heavy atom. The Kier molecular flexibility index (Phi) is 2.30. The van der Waals surface area contributed by atoms with E-state index in [4.69, 9.17) is 0 Å². The second-order valence-corrected chi connectivity index (χ2v) is 5.82. The molecular formula is C10H14N2O2S. The van der Waals surface area contributed by atoms with Gasteiger partial charge in [-0.3, -0.25) is 14.5 Å². The van der Waals surface area contributed by atoms with Crippen LogP contribution in [0.15, 0.2) is 11.1 Å². The molecule has 0 spiro atoms. The van der Waals surface area contributed by atoms with Crippen LogP contribution in [0, 0.1) is 0 Å². The van der Waals surface area contributed by atoms with Crippen LogP contribution in [0.2, 0.25) is 0 Å². The Labute approximate surface area is 93.1 Å². The van der Waals surface area contributed by atoms with Crippen molar-refractivity contribution < 1.29 is 9.59 Å². The standard InChI is InChI=1S/C10H14N2O2S/c1-10(2,3)11-9(14)6-5-15-8-4-7(13)12(6)8/h5,8H,4H2,1-3H3,(H,11,14). The van der Waals surface area contributed by atoms with Crippen molar-refractivity contribution in [3.63, 3.8) is 0 Å². The highest BCUT2D eigenvalue weighted by molar-refractivity contribution is 8.03. The van der Waals surface area contributed by atoms with E-state index in [0.717, 1.165) is 0 Å². The van der Waals surface area contributed by atoms with E-state index in [1.165, 1.54) is 0 Å². The normalized spacial score (nSPS) is 24.5. The molecule has 0 aromatic carbocycles. The quantitative estimate of drug-likeness (QED) is 0.680. The number of amides is 2. The molecule has 1 N–H and O–H groups in total. The van der Waals surface area contributed by atoms with Crippen molar-refractivity contribution in [3.05, 3.63) is 11.1 Å². The van der Waals surface area contributed by atoms with E-state index in [2.05, 4.69) is 5.32 Å². The smallest absolute Gasteiger partial charge is 0.268 e. The van der Waals surface area contributed by atoms with Crippen LogP contribution in [-0.4, -0.2) is 27.6 Å². The van der Waals surface area contributed by atoms with Crippen LogP contribution in [-0.2, 0) is 9.59 Å². The zero-order chi connectivity index (χ0) is 11.2. The summed E-state index contributed by atoms with van der Waals surface area (Å²) in [7, 11) is 0. The second-order valence-electron chi connectivity index (χ2n) is 4.77. The lowest BCUT2D eigenvalue weighted by Crippen LogP contribution is -2.52. The molecular weight excluding hydrogens is 212 g/mol. The summed E-state index contributed by atoms with van der Waals surface area (Å²) in [5.41, 5.74) is 0.227. The number of carbonyl (C=O) groups excluding carboxylic acids is 2. The van der Waals surface area contributed by atoms with Crippen LogP contribution in [0.4, 0.5) is 0 Å². The number of carbonyl (C=O) groups is 2. The van der Waals surface area contributed by atoms with E-state index in [1.54, 1.807) is 22.1 Å². The molecule has 0 bridgehead atoms. The SMILES string of the molecule is CC(C)(C)NC(=O)C1=CSC2CC(=O)N12. The van der Waals surface area contributed by atoms with Gasteiger partial charge < -0.3 is 5.32 Å². The van der Waals surface area contributed by atoms with Gasteiger partial charge in [0.05, 0.1) is 11.8 Å². The fourth-order valence-corrected chi connectivity index (χ4v) is 2.65. The Bertz CT molecular complexity index is 357. The number of β-lactam (4-membered cyclic amide) rings is 1. The van der Waals surface area contributed by atoms with E-state index >= 15 is 0 Å². The number of fused-ring (bicyclic) bond motifs is 1. The highest BCUT2D eigenvalue weighted by Crippen LogP contribution is 2.40. The van der Waals surface area contributed by atoms with E-state index in [0.29, 0.717) is 12.1 Å². The lowest BCUT2D eigenvalue weighted by Gasteiger charge is -2.35. The Morgan fingerprint density at radius 2 is 2.27 bits per heavy atom. The third-order valence-corrected chi connectivity index (χ3v) is 3.27. The molecule has 0 radical (unpaired) electrons. The number of thioether (sulfide) groups is 1. The predicted molar refractivity (Wildman–Crippen MR) is 58.8 cm³/mol. The molecule has 5 heteroatoms.